The number of rotatable bonds is 8. The number of sulfone groups is 1. The normalized spacial score (nSPS) is 15.9. The Kier molecular flexibility index (Phi) is 7.78. The maximum Gasteiger partial charge on any atom is 0.341 e. The second-order valence-corrected chi connectivity index (χ2v) is 11.4. The smallest absolute Gasteiger partial charge is 0.341 e. The molecule has 1 aromatic carbocycles. The van der Waals surface area contributed by atoms with Gasteiger partial charge in [-0.3, -0.25) is 4.79 Å². The number of fused-ring (bicyclic) bond motifs is 1. The number of nitrogens with one attached hydrogen (secondary N) is 1. The number of carbonyl (C=O) groups excluding carboxylic acids is 2. The number of hydrogen-bond donors (Lipinski definition) is 1. The van der Waals surface area contributed by atoms with Crippen LogP contribution >= 0.6 is 22.9 Å². The Hall–Kier alpha value is -1.90. The largest absolute Gasteiger partial charge is 0.462 e. The molecule has 1 aromatic heterocycles. The lowest BCUT2D eigenvalue weighted by Crippen LogP contribution is -2.17. The van der Waals surface area contributed by atoms with Crippen LogP contribution in [0, 0.1) is 5.92 Å². The first-order valence-corrected chi connectivity index (χ1v) is 13.2. The number of esters is 1. The van der Waals surface area contributed by atoms with Gasteiger partial charge in [-0.2, -0.15) is 0 Å². The van der Waals surface area contributed by atoms with E-state index in [1.165, 1.54) is 35.6 Å². The molecule has 6 nitrogen and oxygen atoms in total. The molecule has 0 saturated heterocycles. The number of amides is 1. The van der Waals surface area contributed by atoms with Crippen molar-refractivity contribution in [2.24, 2.45) is 5.92 Å². The maximum absolute atomic E-state index is 12.5. The molecule has 0 aliphatic heterocycles. The summed E-state index contributed by atoms with van der Waals surface area (Å²) in [5.41, 5.74) is 1.43. The molecule has 0 saturated carbocycles. The quantitative estimate of drug-likeness (QED) is 0.539. The molecule has 9 heteroatoms. The predicted octanol–water partition coefficient (Wildman–Crippen LogP) is 4.90. The van der Waals surface area contributed by atoms with E-state index in [-0.39, 0.29) is 36.0 Å². The number of carbonyl (C=O) groups is 2. The number of thiophene rings is 1. The van der Waals surface area contributed by atoms with Crippen LogP contribution in [0.5, 0.6) is 0 Å². The van der Waals surface area contributed by atoms with E-state index in [9.17, 15) is 18.0 Å². The molecule has 1 heterocycles. The minimum atomic E-state index is -3.49. The molecule has 0 fully saturated rings. The summed E-state index contributed by atoms with van der Waals surface area (Å²) in [6.45, 7) is 4.18. The highest BCUT2D eigenvalue weighted by molar-refractivity contribution is 7.91. The highest BCUT2D eigenvalue weighted by Crippen LogP contribution is 2.40. The number of hydrogen-bond acceptors (Lipinski definition) is 6. The van der Waals surface area contributed by atoms with E-state index in [2.05, 4.69) is 12.2 Å². The Bertz CT molecular complexity index is 1060. The van der Waals surface area contributed by atoms with Gasteiger partial charge in [0.15, 0.2) is 9.84 Å². The third kappa shape index (κ3) is 5.87. The first kappa shape index (κ1) is 23.8. The lowest BCUT2D eigenvalue weighted by Gasteiger charge is -2.18. The minimum Gasteiger partial charge on any atom is -0.462 e. The second-order valence-electron chi connectivity index (χ2n) is 7.70. The fraction of sp³-hybridized carbons (Fsp3) is 0.455. The van der Waals surface area contributed by atoms with Crippen molar-refractivity contribution in [3.05, 3.63) is 45.3 Å². The van der Waals surface area contributed by atoms with Gasteiger partial charge in [-0.1, -0.05) is 18.5 Å². The van der Waals surface area contributed by atoms with Crippen molar-refractivity contribution >= 4 is 49.7 Å². The van der Waals surface area contributed by atoms with Gasteiger partial charge in [0.25, 0.3) is 0 Å². The van der Waals surface area contributed by atoms with Crippen LogP contribution in [0.4, 0.5) is 5.00 Å². The molecule has 1 amide bonds. The van der Waals surface area contributed by atoms with Crippen LogP contribution in [0.15, 0.2) is 29.2 Å². The first-order valence-electron chi connectivity index (χ1n) is 10.3. The van der Waals surface area contributed by atoms with Crippen LogP contribution in [0.1, 0.15) is 53.9 Å². The van der Waals surface area contributed by atoms with E-state index in [0.717, 1.165) is 29.7 Å². The summed E-state index contributed by atoms with van der Waals surface area (Å²) in [6.07, 6.45) is 2.87. The molecule has 1 aliphatic rings. The van der Waals surface area contributed by atoms with Gasteiger partial charge in [0.05, 0.1) is 22.8 Å². The van der Waals surface area contributed by atoms with Crippen molar-refractivity contribution < 1.29 is 22.7 Å². The highest BCUT2D eigenvalue weighted by Gasteiger charge is 2.29. The SMILES string of the molecule is CCOC(=O)c1c(NC(=O)CCCS(=O)(=O)c2ccc(Cl)cc2)sc2c1CCC(C)C2. The number of benzene rings is 1. The van der Waals surface area contributed by atoms with Crippen LogP contribution in [0.3, 0.4) is 0 Å². The predicted molar refractivity (Wildman–Crippen MR) is 123 cm³/mol. The molecule has 1 atom stereocenters. The van der Waals surface area contributed by atoms with E-state index in [4.69, 9.17) is 16.3 Å². The zero-order valence-electron chi connectivity index (χ0n) is 17.6. The maximum atomic E-state index is 12.5. The molecule has 3 rings (SSSR count). The third-order valence-electron chi connectivity index (χ3n) is 5.23. The number of ether oxygens (including phenoxy) is 1. The second kappa shape index (κ2) is 10.1. The number of anilines is 1. The van der Waals surface area contributed by atoms with Gasteiger partial charge in [0, 0.05) is 16.3 Å². The molecular weight excluding hydrogens is 458 g/mol. The Morgan fingerprint density at radius 1 is 1.26 bits per heavy atom. The van der Waals surface area contributed by atoms with Gasteiger partial charge < -0.3 is 10.1 Å². The topological polar surface area (TPSA) is 89.5 Å². The summed E-state index contributed by atoms with van der Waals surface area (Å²) in [5, 5.41) is 3.79. The van der Waals surface area contributed by atoms with Crippen LogP contribution in [0.25, 0.3) is 0 Å². The van der Waals surface area contributed by atoms with Crippen molar-refractivity contribution in [1.82, 2.24) is 0 Å². The van der Waals surface area contributed by atoms with Crippen LogP contribution in [-0.4, -0.2) is 32.7 Å². The molecule has 1 unspecified atom stereocenters. The fourth-order valence-corrected chi connectivity index (χ4v) is 6.48. The van der Waals surface area contributed by atoms with Gasteiger partial charge in [-0.05, 0) is 68.4 Å². The van der Waals surface area contributed by atoms with E-state index in [1.807, 2.05) is 0 Å². The summed E-state index contributed by atoms with van der Waals surface area (Å²) in [5.74, 6) is -0.355. The average Bonchev–Trinajstić information content (AvgIpc) is 3.05. The zero-order valence-corrected chi connectivity index (χ0v) is 20.0. The molecule has 168 valence electrons. The zero-order chi connectivity index (χ0) is 22.6. The molecule has 0 bridgehead atoms. The van der Waals surface area contributed by atoms with Gasteiger partial charge >= 0.3 is 5.97 Å². The van der Waals surface area contributed by atoms with Crippen LogP contribution < -0.4 is 5.32 Å². The molecular formula is C22H26ClNO5S2. The summed E-state index contributed by atoms with van der Waals surface area (Å²) in [6, 6.07) is 5.97. The summed E-state index contributed by atoms with van der Waals surface area (Å²) in [4.78, 5) is 26.3. The van der Waals surface area contributed by atoms with E-state index < -0.39 is 15.8 Å². The van der Waals surface area contributed by atoms with Crippen molar-refractivity contribution in [3.63, 3.8) is 0 Å². The average molecular weight is 484 g/mol. The molecule has 31 heavy (non-hydrogen) atoms. The first-order chi connectivity index (χ1) is 14.7. The molecule has 1 N–H and O–H groups in total. The van der Waals surface area contributed by atoms with Crippen molar-refractivity contribution in [3.8, 4) is 0 Å². The lowest BCUT2D eigenvalue weighted by molar-refractivity contribution is -0.116. The Morgan fingerprint density at radius 3 is 2.65 bits per heavy atom. The van der Waals surface area contributed by atoms with E-state index in [1.54, 1.807) is 6.92 Å². The third-order valence-corrected chi connectivity index (χ3v) is 8.47. The van der Waals surface area contributed by atoms with Gasteiger partial charge in [-0.15, -0.1) is 11.3 Å². The van der Waals surface area contributed by atoms with Crippen molar-refractivity contribution in [2.45, 2.75) is 50.8 Å². The summed E-state index contributed by atoms with van der Waals surface area (Å²) >= 11 is 7.23. The van der Waals surface area contributed by atoms with Crippen molar-refractivity contribution in [1.29, 1.82) is 0 Å². The minimum absolute atomic E-state index is 0.0358. The van der Waals surface area contributed by atoms with Crippen molar-refractivity contribution in [2.75, 3.05) is 17.7 Å². The number of halogens is 1. The summed E-state index contributed by atoms with van der Waals surface area (Å²) < 4.78 is 30.1. The Labute approximate surface area is 191 Å². The van der Waals surface area contributed by atoms with Gasteiger partial charge in [-0.25, -0.2) is 13.2 Å². The van der Waals surface area contributed by atoms with Crippen LogP contribution in [0.2, 0.25) is 5.02 Å². The summed E-state index contributed by atoms with van der Waals surface area (Å²) in [7, 11) is -3.49. The highest BCUT2D eigenvalue weighted by atomic mass is 35.5. The standard InChI is InChI=1S/C22H26ClNO5S2/c1-3-29-22(26)20-17-11-6-14(2)13-18(17)30-21(20)24-19(25)5-4-12-31(27,28)16-9-7-15(23)8-10-16/h7-10,14H,3-6,11-13H2,1-2H3,(H,24,25). The lowest BCUT2D eigenvalue weighted by atomic mass is 9.88. The Morgan fingerprint density at radius 2 is 1.97 bits per heavy atom. The molecule has 0 spiro atoms. The molecule has 1 aliphatic carbocycles. The van der Waals surface area contributed by atoms with Gasteiger partial charge in [0.1, 0.15) is 5.00 Å². The monoisotopic (exact) mass is 483 g/mol. The molecule has 2 aromatic rings. The van der Waals surface area contributed by atoms with Crippen LogP contribution in [-0.2, 0) is 32.2 Å². The Balaban J connectivity index is 1.66. The van der Waals surface area contributed by atoms with E-state index >= 15 is 0 Å². The van der Waals surface area contributed by atoms with Gasteiger partial charge in [0.2, 0.25) is 5.91 Å². The fourth-order valence-electron chi connectivity index (χ4n) is 3.63. The molecule has 0 radical (unpaired) electrons. The van der Waals surface area contributed by atoms with E-state index in [0.29, 0.717) is 21.5 Å².